The molecular weight excluding hydrogens is 242 g/mol. The second-order valence-electron chi connectivity index (χ2n) is 4.76. The summed E-state index contributed by atoms with van der Waals surface area (Å²) in [5, 5.41) is 8.77. The minimum Gasteiger partial charge on any atom is -0.385 e. The Morgan fingerprint density at radius 3 is 2.89 bits per heavy atom. The van der Waals surface area contributed by atoms with E-state index in [0.717, 1.165) is 17.8 Å². The van der Waals surface area contributed by atoms with Gasteiger partial charge in [0.15, 0.2) is 0 Å². The zero-order chi connectivity index (χ0) is 13.8. The van der Waals surface area contributed by atoms with Crippen molar-refractivity contribution in [1.82, 2.24) is 10.6 Å². The number of nitrogens with one attached hydrogen (secondary N) is 3. The molecule has 2 amide bonds. The van der Waals surface area contributed by atoms with Gasteiger partial charge in [-0.25, -0.2) is 0 Å². The van der Waals surface area contributed by atoms with Crippen molar-refractivity contribution in [3.05, 3.63) is 29.3 Å². The molecule has 0 bridgehead atoms. The van der Waals surface area contributed by atoms with E-state index in [9.17, 15) is 9.59 Å². The highest BCUT2D eigenvalue weighted by atomic mass is 16.2. The average Bonchev–Trinajstić information content (AvgIpc) is 2.77. The van der Waals surface area contributed by atoms with Gasteiger partial charge in [0, 0.05) is 25.2 Å². The monoisotopic (exact) mass is 261 g/mol. The Morgan fingerprint density at radius 1 is 1.47 bits per heavy atom. The van der Waals surface area contributed by atoms with E-state index in [-0.39, 0.29) is 17.9 Å². The van der Waals surface area contributed by atoms with Crippen LogP contribution in [-0.2, 0) is 4.79 Å². The molecule has 2 rings (SSSR count). The zero-order valence-corrected chi connectivity index (χ0v) is 11.2. The molecule has 0 aliphatic carbocycles. The lowest BCUT2D eigenvalue weighted by Gasteiger charge is -2.14. The molecule has 1 fully saturated rings. The SMILES string of the molecule is CCNc1ccc(C)cc1C(=O)NC1CNC(=O)C1. The number of carbonyl (C=O) groups is 2. The van der Waals surface area contributed by atoms with Crippen molar-refractivity contribution in [2.75, 3.05) is 18.4 Å². The van der Waals surface area contributed by atoms with E-state index in [1.807, 2.05) is 32.0 Å². The number of hydrogen-bond donors (Lipinski definition) is 3. The van der Waals surface area contributed by atoms with E-state index >= 15 is 0 Å². The van der Waals surface area contributed by atoms with Gasteiger partial charge < -0.3 is 16.0 Å². The molecule has 1 aromatic carbocycles. The quantitative estimate of drug-likeness (QED) is 0.758. The van der Waals surface area contributed by atoms with Gasteiger partial charge >= 0.3 is 0 Å². The van der Waals surface area contributed by atoms with E-state index in [2.05, 4.69) is 16.0 Å². The van der Waals surface area contributed by atoms with Crippen LogP contribution in [0.15, 0.2) is 18.2 Å². The van der Waals surface area contributed by atoms with E-state index in [1.54, 1.807) is 0 Å². The standard InChI is InChI=1S/C14H19N3O2/c1-3-15-12-5-4-9(2)6-11(12)14(19)17-10-7-13(18)16-8-10/h4-6,10,15H,3,7-8H2,1-2H3,(H,16,18)(H,17,19). The van der Waals surface area contributed by atoms with E-state index in [1.165, 1.54) is 0 Å². The van der Waals surface area contributed by atoms with E-state index in [4.69, 9.17) is 0 Å². The molecule has 19 heavy (non-hydrogen) atoms. The van der Waals surface area contributed by atoms with Crippen molar-refractivity contribution in [3.8, 4) is 0 Å². The predicted octanol–water partition coefficient (Wildman–Crippen LogP) is 1.05. The summed E-state index contributed by atoms with van der Waals surface area (Å²) in [6, 6.07) is 5.62. The van der Waals surface area contributed by atoms with Crippen LogP contribution in [0.3, 0.4) is 0 Å². The molecule has 0 spiro atoms. The van der Waals surface area contributed by atoms with Gasteiger partial charge in [0.25, 0.3) is 5.91 Å². The van der Waals surface area contributed by atoms with Crippen LogP contribution in [0.2, 0.25) is 0 Å². The van der Waals surface area contributed by atoms with Crippen LogP contribution < -0.4 is 16.0 Å². The predicted molar refractivity (Wildman–Crippen MR) is 74.2 cm³/mol. The molecular formula is C14H19N3O2. The smallest absolute Gasteiger partial charge is 0.253 e. The fourth-order valence-electron chi connectivity index (χ4n) is 2.16. The first-order chi connectivity index (χ1) is 9.10. The summed E-state index contributed by atoms with van der Waals surface area (Å²) < 4.78 is 0. The summed E-state index contributed by atoms with van der Waals surface area (Å²) in [7, 11) is 0. The Balaban J connectivity index is 2.13. The van der Waals surface area contributed by atoms with Crippen LogP contribution in [-0.4, -0.2) is 30.9 Å². The first-order valence-corrected chi connectivity index (χ1v) is 6.52. The molecule has 1 aliphatic rings. The van der Waals surface area contributed by atoms with Crippen LogP contribution in [0.4, 0.5) is 5.69 Å². The number of anilines is 1. The highest BCUT2D eigenvalue weighted by Gasteiger charge is 2.24. The zero-order valence-electron chi connectivity index (χ0n) is 11.2. The van der Waals surface area contributed by atoms with Gasteiger partial charge in [0.05, 0.1) is 11.6 Å². The Labute approximate surface area is 112 Å². The van der Waals surface area contributed by atoms with Gasteiger partial charge in [-0.3, -0.25) is 9.59 Å². The molecule has 0 aromatic heterocycles. The topological polar surface area (TPSA) is 70.2 Å². The van der Waals surface area contributed by atoms with Crippen molar-refractivity contribution in [3.63, 3.8) is 0 Å². The summed E-state index contributed by atoms with van der Waals surface area (Å²) in [5.74, 6) is -0.150. The second kappa shape index (κ2) is 5.73. The largest absolute Gasteiger partial charge is 0.385 e. The third kappa shape index (κ3) is 3.24. The average molecular weight is 261 g/mol. The molecule has 1 heterocycles. The lowest BCUT2D eigenvalue weighted by molar-refractivity contribution is -0.119. The van der Waals surface area contributed by atoms with Gasteiger partial charge in [-0.05, 0) is 26.0 Å². The Kier molecular flexibility index (Phi) is 4.04. The highest BCUT2D eigenvalue weighted by molar-refractivity contribution is 6.00. The molecule has 1 saturated heterocycles. The third-order valence-corrected chi connectivity index (χ3v) is 3.10. The lowest BCUT2D eigenvalue weighted by Crippen LogP contribution is -2.36. The maximum atomic E-state index is 12.3. The summed E-state index contributed by atoms with van der Waals surface area (Å²) in [4.78, 5) is 23.4. The van der Waals surface area contributed by atoms with Crippen molar-refractivity contribution in [2.24, 2.45) is 0 Å². The molecule has 1 unspecified atom stereocenters. The third-order valence-electron chi connectivity index (χ3n) is 3.10. The molecule has 1 aliphatic heterocycles. The number of rotatable bonds is 4. The normalized spacial score (nSPS) is 18.0. The summed E-state index contributed by atoms with van der Waals surface area (Å²) in [6.07, 6.45) is 0.355. The molecule has 1 atom stereocenters. The minimum atomic E-state index is -0.138. The second-order valence-corrected chi connectivity index (χ2v) is 4.76. The van der Waals surface area contributed by atoms with Gasteiger partial charge in [-0.1, -0.05) is 11.6 Å². The molecule has 1 aromatic rings. The van der Waals surface area contributed by atoms with Gasteiger partial charge in [-0.2, -0.15) is 0 Å². The van der Waals surface area contributed by atoms with Gasteiger partial charge in [0.2, 0.25) is 5.91 Å². The van der Waals surface area contributed by atoms with Crippen molar-refractivity contribution >= 4 is 17.5 Å². The van der Waals surface area contributed by atoms with E-state index < -0.39 is 0 Å². The first kappa shape index (κ1) is 13.4. The van der Waals surface area contributed by atoms with Crippen molar-refractivity contribution in [2.45, 2.75) is 26.3 Å². The van der Waals surface area contributed by atoms with Crippen LogP contribution in [0, 0.1) is 6.92 Å². The minimum absolute atomic E-state index is 0.0125. The highest BCUT2D eigenvalue weighted by Crippen LogP contribution is 2.17. The van der Waals surface area contributed by atoms with Gasteiger partial charge in [-0.15, -0.1) is 0 Å². The van der Waals surface area contributed by atoms with Crippen LogP contribution in [0.25, 0.3) is 0 Å². The number of hydrogen-bond acceptors (Lipinski definition) is 3. The molecule has 0 saturated carbocycles. The van der Waals surface area contributed by atoms with Crippen molar-refractivity contribution in [1.29, 1.82) is 0 Å². The summed E-state index contributed by atoms with van der Waals surface area (Å²) >= 11 is 0. The summed E-state index contributed by atoms with van der Waals surface area (Å²) in [5.41, 5.74) is 2.48. The Morgan fingerprint density at radius 2 is 2.26 bits per heavy atom. The van der Waals surface area contributed by atoms with Crippen LogP contribution in [0.1, 0.15) is 29.3 Å². The van der Waals surface area contributed by atoms with Crippen LogP contribution >= 0.6 is 0 Å². The maximum absolute atomic E-state index is 12.3. The fourth-order valence-corrected chi connectivity index (χ4v) is 2.16. The number of benzene rings is 1. The fraction of sp³-hybridized carbons (Fsp3) is 0.429. The molecule has 5 heteroatoms. The molecule has 102 valence electrons. The molecule has 0 radical (unpaired) electrons. The summed E-state index contributed by atoms with van der Waals surface area (Å²) in [6.45, 7) is 5.20. The number of amides is 2. The van der Waals surface area contributed by atoms with Gasteiger partial charge in [0.1, 0.15) is 0 Å². The number of aryl methyl sites for hydroxylation is 1. The Hall–Kier alpha value is -2.04. The molecule has 3 N–H and O–H groups in total. The lowest BCUT2D eigenvalue weighted by atomic mass is 10.1. The van der Waals surface area contributed by atoms with E-state index in [0.29, 0.717) is 18.5 Å². The van der Waals surface area contributed by atoms with Crippen molar-refractivity contribution < 1.29 is 9.59 Å². The molecule has 5 nitrogen and oxygen atoms in total. The first-order valence-electron chi connectivity index (χ1n) is 6.52. The van der Waals surface area contributed by atoms with Crippen LogP contribution in [0.5, 0.6) is 0 Å². The maximum Gasteiger partial charge on any atom is 0.253 e. The Bertz CT molecular complexity index is 499. The number of carbonyl (C=O) groups excluding carboxylic acids is 2.